The minimum Gasteiger partial charge on any atom is -0.393 e. The van der Waals surface area contributed by atoms with Gasteiger partial charge in [0, 0.05) is 33.3 Å². The molecule has 1 fully saturated rings. The van der Waals surface area contributed by atoms with Crippen molar-refractivity contribution in [3.05, 3.63) is 6.33 Å². The monoisotopic (exact) mass is 310 g/mol. The number of nitrogen functional groups attached to an aromatic ring is 1. The third-order valence-electron chi connectivity index (χ3n) is 3.53. The predicted octanol–water partition coefficient (Wildman–Crippen LogP) is 0.251. The number of rotatable bonds is 9. The lowest BCUT2D eigenvalue weighted by Crippen LogP contribution is -2.37. The van der Waals surface area contributed by atoms with Gasteiger partial charge in [-0.2, -0.15) is 0 Å². The number of ether oxygens (including phenoxy) is 2. The molecule has 1 aliphatic heterocycles. The van der Waals surface area contributed by atoms with Crippen LogP contribution in [0.25, 0.3) is 0 Å². The molecule has 0 aliphatic carbocycles. The molecule has 2 rings (SSSR count). The Morgan fingerprint density at radius 3 is 2.59 bits per heavy atom. The molecule has 0 radical (unpaired) electrons. The van der Waals surface area contributed by atoms with Crippen LogP contribution < -0.4 is 16.4 Å². The second-order valence-electron chi connectivity index (χ2n) is 5.14. The smallest absolute Gasteiger partial charge is 0.154 e. The molecule has 8 heteroatoms. The Bertz CT molecular complexity index is 439. The van der Waals surface area contributed by atoms with Gasteiger partial charge in [-0.05, 0) is 13.0 Å². The van der Waals surface area contributed by atoms with Crippen molar-refractivity contribution in [2.75, 3.05) is 76.0 Å². The molecule has 0 amide bonds. The fraction of sp³-hybridized carbons (Fsp3) is 0.714. The van der Waals surface area contributed by atoms with Crippen LogP contribution in [0.1, 0.15) is 6.42 Å². The zero-order chi connectivity index (χ0) is 15.6. The molecule has 124 valence electrons. The highest BCUT2D eigenvalue weighted by atomic mass is 16.5. The van der Waals surface area contributed by atoms with Crippen LogP contribution in [0.2, 0.25) is 0 Å². The molecule has 22 heavy (non-hydrogen) atoms. The minimum absolute atomic E-state index is 0.546. The lowest BCUT2D eigenvalue weighted by Gasteiger charge is -2.26. The first-order chi connectivity index (χ1) is 10.8. The summed E-state index contributed by atoms with van der Waals surface area (Å²) in [6.45, 7) is 6.86. The molecule has 0 saturated carbocycles. The Hall–Kier alpha value is -1.64. The number of nitrogens with two attached hydrogens (primary N) is 1. The summed E-state index contributed by atoms with van der Waals surface area (Å²) in [7, 11) is 1.66. The highest BCUT2D eigenvalue weighted by molar-refractivity contribution is 5.73. The quantitative estimate of drug-likeness (QED) is 0.559. The third kappa shape index (κ3) is 5.28. The zero-order valence-corrected chi connectivity index (χ0v) is 13.2. The summed E-state index contributed by atoms with van der Waals surface area (Å²) in [5.41, 5.74) is 6.62. The van der Waals surface area contributed by atoms with Gasteiger partial charge in [0.05, 0.1) is 19.8 Å². The van der Waals surface area contributed by atoms with Crippen molar-refractivity contribution in [2.45, 2.75) is 6.42 Å². The van der Waals surface area contributed by atoms with Gasteiger partial charge in [-0.25, -0.2) is 9.97 Å². The fourth-order valence-corrected chi connectivity index (χ4v) is 2.28. The molecular weight excluding hydrogens is 284 g/mol. The molecule has 0 aromatic carbocycles. The second-order valence-corrected chi connectivity index (χ2v) is 5.14. The van der Waals surface area contributed by atoms with E-state index < -0.39 is 0 Å². The van der Waals surface area contributed by atoms with Crippen molar-refractivity contribution in [1.29, 1.82) is 0 Å². The van der Waals surface area contributed by atoms with Crippen molar-refractivity contribution in [2.24, 2.45) is 0 Å². The maximum atomic E-state index is 6.07. The van der Waals surface area contributed by atoms with Gasteiger partial charge in [0.25, 0.3) is 0 Å². The van der Waals surface area contributed by atoms with Gasteiger partial charge in [-0.1, -0.05) is 0 Å². The number of hydrogen-bond donors (Lipinski definition) is 3. The summed E-state index contributed by atoms with van der Waals surface area (Å²) in [6.07, 6.45) is 2.55. The van der Waals surface area contributed by atoms with E-state index in [1.165, 1.54) is 6.33 Å². The average molecular weight is 310 g/mol. The van der Waals surface area contributed by atoms with Gasteiger partial charge >= 0.3 is 0 Å². The van der Waals surface area contributed by atoms with Crippen LogP contribution in [0, 0.1) is 0 Å². The lowest BCUT2D eigenvalue weighted by molar-refractivity contribution is 0.0378. The molecule has 8 nitrogen and oxygen atoms in total. The van der Waals surface area contributed by atoms with Crippen molar-refractivity contribution in [1.82, 2.24) is 14.9 Å². The summed E-state index contributed by atoms with van der Waals surface area (Å²) in [5.74, 6) is 1.32. The SMILES string of the molecule is COCCNc1ncnc(NCCCN2CCOCC2)c1N. The first kappa shape index (κ1) is 16.7. The summed E-state index contributed by atoms with van der Waals surface area (Å²) in [4.78, 5) is 10.8. The topological polar surface area (TPSA) is 97.6 Å². The fourth-order valence-electron chi connectivity index (χ4n) is 2.28. The van der Waals surface area contributed by atoms with E-state index in [2.05, 4.69) is 25.5 Å². The highest BCUT2D eigenvalue weighted by Gasteiger charge is 2.10. The van der Waals surface area contributed by atoms with Gasteiger partial charge < -0.3 is 25.8 Å². The third-order valence-corrected chi connectivity index (χ3v) is 3.53. The number of aromatic nitrogens is 2. The van der Waals surface area contributed by atoms with Gasteiger partial charge in [0.1, 0.15) is 12.0 Å². The van der Waals surface area contributed by atoms with Crippen LogP contribution in [-0.2, 0) is 9.47 Å². The molecule has 0 unspecified atom stereocenters. The van der Waals surface area contributed by atoms with Crippen molar-refractivity contribution in [3.8, 4) is 0 Å². The Morgan fingerprint density at radius 1 is 1.23 bits per heavy atom. The van der Waals surface area contributed by atoms with Crippen LogP contribution in [0.15, 0.2) is 6.33 Å². The van der Waals surface area contributed by atoms with Gasteiger partial charge in [0.15, 0.2) is 11.6 Å². The van der Waals surface area contributed by atoms with E-state index in [1.54, 1.807) is 7.11 Å². The van der Waals surface area contributed by atoms with E-state index in [0.29, 0.717) is 30.5 Å². The predicted molar refractivity (Wildman–Crippen MR) is 87.2 cm³/mol. The van der Waals surface area contributed by atoms with E-state index in [-0.39, 0.29) is 0 Å². The molecule has 0 spiro atoms. The van der Waals surface area contributed by atoms with E-state index >= 15 is 0 Å². The zero-order valence-electron chi connectivity index (χ0n) is 13.2. The molecule has 0 bridgehead atoms. The molecule has 2 heterocycles. The van der Waals surface area contributed by atoms with Gasteiger partial charge in [-0.3, -0.25) is 4.90 Å². The van der Waals surface area contributed by atoms with E-state index in [0.717, 1.165) is 45.8 Å². The normalized spacial score (nSPS) is 15.7. The van der Waals surface area contributed by atoms with Gasteiger partial charge in [0.2, 0.25) is 0 Å². The second kappa shape index (κ2) is 9.39. The Balaban J connectivity index is 1.73. The first-order valence-corrected chi connectivity index (χ1v) is 7.68. The summed E-state index contributed by atoms with van der Waals surface area (Å²) < 4.78 is 10.3. The van der Waals surface area contributed by atoms with E-state index in [9.17, 15) is 0 Å². The Morgan fingerprint density at radius 2 is 1.91 bits per heavy atom. The van der Waals surface area contributed by atoms with E-state index in [4.69, 9.17) is 15.2 Å². The van der Waals surface area contributed by atoms with Crippen molar-refractivity contribution in [3.63, 3.8) is 0 Å². The maximum Gasteiger partial charge on any atom is 0.154 e. The van der Waals surface area contributed by atoms with Crippen LogP contribution in [0.4, 0.5) is 17.3 Å². The van der Waals surface area contributed by atoms with Crippen LogP contribution >= 0.6 is 0 Å². The summed E-state index contributed by atoms with van der Waals surface area (Å²) in [5, 5.41) is 6.41. The first-order valence-electron chi connectivity index (χ1n) is 7.68. The summed E-state index contributed by atoms with van der Waals surface area (Å²) in [6, 6.07) is 0. The van der Waals surface area contributed by atoms with Crippen LogP contribution in [0.3, 0.4) is 0 Å². The molecule has 1 aromatic heterocycles. The Kier molecular flexibility index (Phi) is 7.14. The highest BCUT2D eigenvalue weighted by Crippen LogP contribution is 2.21. The Labute approximate surface area is 131 Å². The average Bonchev–Trinajstić information content (AvgIpc) is 2.55. The van der Waals surface area contributed by atoms with E-state index in [1.807, 2.05) is 0 Å². The standard InChI is InChI=1S/C14H26N6O2/c1-21-8-4-17-14-12(15)13(18-11-19-14)16-3-2-5-20-6-9-22-10-7-20/h11H,2-10,15H2,1H3,(H2,16,17,18,19). The summed E-state index contributed by atoms with van der Waals surface area (Å²) >= 11 is 0. The molecule has 0 atom stereocenters. The molecule has 1 saturated heterocycles. The number of morpholine rings is 1. The molecule has 1 aliphatic rings. The molecule has 1 aromatic rings. The van der Waals surface area contributed by atoms with Crippen molar-refractivity contribution < 1.29 is 9.47 Å². The number of anilines is 3. The number of hydrogen-bond acceptors (Lipinski definition) is 8. The minimum atomic E-state index is 0.546. The van der Waals surface area contributed by atoms with Crippen LogP contribution in [0.5, 0.6) is 0 Å². The van der Waals surface area contributed by atoms with Gasteiger partial charge in [-0.15, -0.1) is 0 Å². The largest absolute Gasteiger partial charge is 0.393 e. The molecular formula is C14H26N6O2. The molecule has 4 N–H and O–H groups in total. The van der Waals surface area contributed by atoms with Crippen molar-refractivity contribution >= 4 is 17.3 Å². The maximum absolute atomic E-state index is 6.07. The number of nitrogens with one attached hydrogen (secondary N) is 2. The number of nitrogens with zero attached hydrogens (tertiary/aromatic N) is 3. The van der Waals surface area contributed by atoms with Crippen LogP contribution in [-0.4, -0.2) is 74.5 Å². The lowest BCUT2D eigenvalue weighted by atomic mass is 10.3. The number of methoxy groups -OCH3 is 1.